The van der Waals surface area contributed by atoms with Gasteiger partial charge in [0, 0.05) is 10.6 Å². The van der Waals surface area contributed by atoms with E-state index in [-0.39, 0.29) is 5.91 Å². The Morgan fingerprint density at radius 3 is 2.80 bits per heavy atom. The molecule has 104 valence electrons. The maximum Gasteiger partial charge on any atom is 0.265 e. The van der Waals surface area contributed by atoms with Gasteiger partial charge in [-0.15, -0.1) is 11.3 Å². The molecule has 0 bridgehead atoms. The van der Waals surface area contributed by atoms with Crippen molar-refractivity contribution in [1.29, 1.82) is 0 Å². The average Bonchev–Trinajstić information content (AvgIpc) is 2.88. The molecule has 0 unspecified atom stereocenters. The fraction of sp³-hybridized carbons (Fsp3) is 0.353. The Balaban J connectivity index is 1.82. The lowest BCUT2D eigenvalue weighted by Gasteiger charge is -2.09. The Labute approximate surface area is 123 Å². The van der Waals surface area contributed by atoms with Crippen LogP contribution in [0.25, 0.3) is 0 Å². The first-order valence-electron chi connectivity index (χ1n) is 7.14. The molecule has 0 fully saturated rings. The fourth-order valence-corrected chi connectivity index (χ4v) is 3.82. The molecule has 1 aromatic heterocycles. The summed E-state index contributed by atoms with van der Waals surface area (Å²) in [5.41, 5.74) is 4.64. The topological polar surface area (TPSA) is 29.1 Å². The zero-order chi connectivity index (χ0) is 14.1. The SMILES string of the molecule is Cc1cccc(NC(=O)c2cc3c(s2)CCCC3)c1C. The second kappa shape index (κ2) is 5.41. The van der Waals surface area contributed by atoms with E-state index in [0.29, 0.717) is 0 Å². The second-order valence-corrected chi connectivity index (χ2v) is 6.60. The summed E-state index contributed by atoms with van der Waals surface area (Å²) in [5, 5.41) is 3.05. The van der Waals surface area contributed by atoms with E-state index < -0.39 is 0 Å². The highest BCUT2D eigenvalue weighted by molar-refractivity contribution is 7.14. The molecule has 0 saturated carbocycles. The number of anilines is 1. The van der Waals surface area contributed by atoms with Crippen molar-refractivity contribution in [2.45, 2.75) is 39.5 Å². The predicted molar refractivity (Wildman–Crippen MR) is 84.8 cm³/mol. The van der Waals surface area contributed by atoms with E-state index in [9.17, 15) is 4.79 Å². The summed E-state index contributed by atoms with van der Waals surface area (Å²) in [5.74, 6) is 0.0260. The van der Waals surface area contributed by atoms with Crippen LogP contribution in [-0.2, 0) is 12.8 Å². The molecular formula is C17H19NOS. The van der Waals surface area contributed by atoms with Crippen LogP contribution in [0.5, 0.6) is 0 Å². The number of fused-ring (bicyclic) bond motifs is 1. The van der Waals surface area contributed by atoms with Crippen LogP contribution in [0.15, 0.2) is 24.3 Å². The molecule has 2 nitrogen and oxygen atoms in total. The Hall–Kier alpha value is -1.61. The van der Waals surface area contributed by atoms with Gasteiger partial charge in [0.1, 0.15) is 0 Å². The molecule has 1 N–H and O–H groups in total. The molecule has 0 radical (unpaired) electrons. The largest absolute Gasteiger partial charge is 0.321 e. The van der Waals surface area contributed by atoms with Gasteiger partial charge in [0.25, 0.3) is 5.91 Å². The van der Waals surface area contributed by atoms with Crippen LogP contribution in [0.3, 0.4) is 0 Å². The van der Waals surface area contributed by atoms with Crippen LogP contribution in [0.2, 0.25) is 0 Å². The van der Waals surface area contributed by atoms with Gasteiger partial charge in [-0.1, -0.05) is 12.1 Å². The van der Waals surface area contributed by atoms with Crippen LogP contribution < -0.4 is 5.32 Å². The summed E-state index contributed by atoms with van der Waals surface area (Å²) >= 11 is 1.66. The molecule has 20 heavy (non-hydrogen) atoms. The van der Waals surface area contributed by atoms with E-state index in [1.807, 2.05) is 19.1 Å². The predicted octanol–water partition coefficient (Wildman–Crippen LogP) is 4.50. The van der Waals surface area contributed by atoms with Crippen molar-refractivity contribution < 1.29 is 4.79 Å². The van der Waals surface area contributed by atoms with E-state index in [4.69, 9.17) is 0 Å². The first kappa shape index (κ1) is 13.4. The van der Waals surface area contributed by atoms with E-state index in [1.165, 1.54) is 28.8 Å². The minimum Gasteiger partial charge on any atom is -0.321 e. The average molecular weight is 285 g/mol. The van der Waals surface area contributed by atoms with Crippen LogP contribution in [0.1, 0.15) is 44.1 Å². The summed E-state index contributed by atoms with van der Waals surface area (Å²) in [4.78, 5) is 14.6. The van der Waals surface area contributed by atoms with Crippen molar-refractivity contribution in [3.05, 3.63) is 50.7 Å². The Morgan fingerprint density at radius 1 is 1.20 bits per heavy atom. The van der Waals surface area contributed by atoms with Crippen molar-refractivity contribution in [3.63, 3.8) is 0 Å². The van der Waals surface area contributed by atoms with E-state index in [2.05, 4.69) is 24.4 Å². The lowest BCUT2D eigenvalue weighted by molar-refractivity contribution is 0.103. The molecule has 3 heteroatoms. The van der Waals surface area contributed by atoms with Crippen LogP contribution >= 0.6 is 11.3 Å². The highest BCUT2D eigenvalue weighted by Gasteiger charge is 2.17. The number of carbonyl (C=O) groups excluding carboxylic acids is 1. The Bertz CT molecular complexity index is 634. The van der Waals surface area contributed by atoms with Crippen molar-refractivity contribution in [1.82, 2.24) is 0 Å². The molecule has 0 spiro atoms. The second-order valence-electron chi connectivity index (χ2n) is 5.47. The summed E-state index contributed by atoms with van der Waals surface area (Å²) in [7, 11) is 0. The summed E-state index contributed by atoms with van der Waals surface area (Å²) in [6.07, 6.45) is 4.77. The van der Waals surface area contributed by atoms with Crippen molar-refractivity contribution in [2.24, 2.45) is 0 Å². The van der Waals surface area contributed by atoms with Gasteiger partial charge in [0.2, 0.25) is 0 Å². The van der Waals surface area contributed by atoms with Gasteiger partial charge in [-0.25, -0.2) is 0 Å². The number of thiophene rings is 1. The molecule has 0 aliphatic heterocycles. The molecule has 0 atom stereocenters. The number of amides is 1. The lowest BCUT2D eigenvalue weighted by Crippen LogP contribution is -2.11. The molecule has 1 aliphatic carbocycles. The van der Waals surface area contributed by atoms with Gasteiger partial charge in [-0.3, -0.25) is 4.79 Å². The maximum absolute atomic E-state index is 12.4. The van der Waals surface area contributed by atoms with Gasteiger partial charge in [0.15, 0.2) is 0 Å². The molecule has 1 amide bonds. The maximum atomic E-state index is 12.4. The van der Waals surface area contributed by atoms with Crippen molar-refractivity contribution in [2.75, 3.05) is 5.32 Å². The van der Waals surface area contributed by atoms with Gasteiger partial charge in [-0.05, 0) is 68.4 Å². The molecule has 3 rings (SSSR count). The first-order valence-corrected chi connectivity index (χ1v) is 7.96. The van der Waals surface area contributed by atoms with Gasteiger partial charge < -0.3 is 5.32 Å². The fourth-order valence-electron chi connectivity index (χ4n) is 2.67. The quantitative estimate of drug-likeness (QED) is 0.865. The highest BCUT2D eigenvalue weighted by atomic mass is 32.1. The van der Waals surface area contributed by atoms with Crippen molar-refractivity contribution >= 4 is 22.9 Å². The zero-order valence-corrected chi connectivity index (χ0v) is 12.8. The number of aryl methyl sites for hydroxylation is 3. The van der Waals surface area contributed by atoms with E-state index >= 15 is 0 Å². The van der Waals surface area contributed by atoms with Gasteiger partial charge >= 0.3 is 0 Å². The lowest BCUT2D eigenvalue weighted by atomic mass is 9.99. The monoisotopic (exact) mass is 285 g/mol. The summed E-state index contributed by atoms with van der Waals surface area (Å²) < 4.78 is 0. The third-order valence-corrected chi connectivity index (χ3v) is 5.31. The highest BCUT2D eigenvalue weighted by Crippen LogP contribution is 2.30. The number of carbonyl (C=O) groups is 1. The zero-order valence-electron chi connectivity index (χ0n) is 12.0. The minimum atomic E-state index is 0.0260. The Kier molecular flexibility index (Phi) is 3.62. The first-order chi connectivity index (χ1) is 9.65. The van der Waals surface area contributed by atoms with E-state index in [0.717, 1.165) is 29.0 Å². The molecule has 2 aromatic rings. The van der Waals surface area contributed by atoms with Gasteiger partial charge in [0.05, 0.1) is 4.88 Å². The van der Waals surface area contributed by atoms with Gasteiger partial charge in [-0.2, -0.15) is 0 Å². The standard InChI is InChI=1S/C17H19NOS/c1-11-6-5-8-14(12(11)2)18-17(19)16-10-13-7-3-4-9-15(13)20-16/h5-6,8,10H,3-4,7,9H2,1-2H3,(H,18,19). The Morgan fingerprint density at radius 2 is 2.00 bits per heavy atom. The smallest absolute Gasteiger partial charge is 0.265 e. The van der Waals surface area contributed by atoms with Crippen LogP contribution in [0, 0.1) is 13.8 Å². The number of hydrogen-bond acceptors (Lipinski definition) is 2. The number of rotatable bonds is 2. The number of benzene rings is 1. The molecule has 1 aromatic carbocycles. The molecule has 1 heterocycles. The number of hydrogen-bond donors (Lipinski definition) is 1. The molecular weight excluding hydrogens is 266 g/mol. The normalized spacial score (nSPS) is 13.9. The van der Waals surface area contributed by atoms with Crippen molar-refractivity contribution in [3.8, 4) is 0 Å². The summed E-state index contributed by atoms with van der Waals surface area (Å²) in [6.45, 7) is 4.11. The molecule has 1 aliphatic rings. The third-order valence-electron chi connectivity index (χ3n) is 4.07. The van der Waals surface area contributed by atoms with Crippen LogP contribution in [0.4, 0.5) is 5.69 Å². The summed E-state index contributed by atoms with van der Waals surface area (Å²) in [6, 6.07) is 8.10. The van der Waals surface area contributed by atoms with E-state index in [1.54, 1.807) is 11.3 Å². The molecule has 0 saturated heterocycles. The minimum absolute atomic E-state index is 0.0260. The third kappa shape index (κ3) is 2.50. The number of nitrogens with one attached hydrogen (secondary N) is 1. The van der Waals surface area contributed by atoms with Crippen LogP contribution in [-0.4, -0.2) is 5.91 Å².